The highest BCUT2D eigenvalue weighted by molar-refractivity contribution is 6.18. The summed E-state index contributed by atoms with van der Waals surface area (Å²) in [6.45, 7) is 1.90. The van der Waals surface area contributed by atoms with Crippen LogP contribution in [-0.4, -0.2) is 27.4 Å². The van der Waals surface area contributed by atoms with Crippen LogP contribution < -0.4 is 11.2 Å². The molecule has 0 saturated carbocycles. The number of nitrogens with one attached hydrogen (secondary N) is 1. The molecule has 1 aliphatic rings. The summed E-state index contributed by atoms with van der Waals surface area (Å²) < 4.78 is 1.67. The highest BCUT2D eigenvalue weighted by Crippen LogP contribution is 2.10. The molecule has 2 heterocycles. The lowest BCUT2D eigenvalue weighted by molar-refractivity contribution is -0.120. The van der Waals surface area contributed by atoms with Crippen LogP contribution in [0.2, 0.25) is 0 Å². The summed E-state index contributed by atoms with van der Waals surface area (Å²) in [5, 5.41) is 8.05. The second kappa shape index (κ2) is 2.91. The zero-order valence-electron chi connectivity index (χ0n) is 7.98. The maximum absolute atomic E-state index is 11.1. The maximum atomic E-state index is 11.1. The van der Waals surface area contributed by atoms with Crippen molar-refractivity contribution in [2.24, 2.45) is 17.9 Å². The van der Waals surface area contributed by atoms with Gasteiger partial charge in [0.2, 0.25) is 0 Å². The van der Waals surface area contributed by atoms with Crippen LogP contribution in [0.1, 0.15) is 11.3 Å². The first-order valence-corrected chi connectivity index (χ1v) is 4.23. The third-order valence-electron chi connectivity index (χ3n) is 2.12. The highest BCUT2D eigenvalue weighted by atomic mass is 16.2. The molecule has 0 saturated heterocycles. The molecule has 3 N–H and O–H groups in total. The number of carbonyl (C=O) groups excluding carboxylic acids is 1. The third kappa shape index (κ3) is 1.20. The Morgan fingerprint density at radius 1 is 1.64 bits per heavy atom. The average Bonchev–Trinajstić information content (AvgIpc) is 2.59. The predicted octanol–water partition coefficient (Wildman–Crippen LogP) is -1.11. The van der Waals surface area contributed by atoms with Crippen LogP contribution in [0.15, 0.2) is 11.3 Å². The molecule has 1 atom stereocenters. The van der Waals surface area contributed by atoms with E-state index in [1.807, 2.05) is 20.2 Å². The number of aromatic nitrogens is 2. The topological polar surface area (TPSA) is 85.3 Å². The average molecular weight is 193 g/mol. The largest absolute Gasteiger partial charge is 0.315 e. The van der Waals surface area contributed by atoms with Gasteiger partial charge in [0, 0.05) is 13.2 Å². The molecule has 6 nitrogen and oxygen atoms in total. The number of rotatable bonds is 1. The van der Waals surface area contributed by atoms with Crippen LogP contribution in [0.5, 0.6) is 0 Å². The standard InChI is InChI=1S/C8H11N5O/c1-4-3-13(2)12-6(4)7-5(9)8(14)11-10-7/h3,5H,9H2,1-2H3,(H,11,14). The molecule has 1 aliphatic heterocycles. The molecule has 0 aliphatic carbocycles. The normalized spacial score (nSPS) is 20.9. The van der Waals surface area contributed by atoms with Gasteiger partial charge < -0.3 is 5.73 Å². The number of nitrogens with zero attached hydrogens (tertiary/aromatic N) is 3. The summed E-state index contributed by atoms with van der Waals surface area (Å²) in [5.74, 6) is -0.287. The summed E-state index contributed by atoms with van der Waals surface area (Å²) in [4.78, 5) is 11.1. The van der Waals surface area contributed by atoms with E-state index < -0.39 is 6.04 Å². The Kier molecular flexibility index (Phi) is 1.85. The minimum Gasteiger partial charge on any atom is -0.315 e. The van der Waals surface area contributed by atoms with E-state index >= 15 is 0 Å². The van der Waals surface area contributed by atoms with E-state index in [0.717, 1.165) is 5.56 Å². The van der Waals surface area contributed by atoms with Crippen LogP contribution in [0.25, 0.3) is 0 Å². The lowest BCUT2D eigenvalue weighted by Gasteiger charge is -2.01. The first kappa shape index (κ1) is 8.89. The molecule has 0 bridgehead atoms. The minimum absolute atomic E-state index is 0.287. The minimum atomic E-state index is -0.705. The molecule has 0 radical (unpaired) electrons. The number of hydrogen-bond acceptors (Lipinski definition) is 4. The molecule has 1 aromatic rings. The Balaban J connectivity index is 2.41. The van der Waals surface area contributed by atoms with E-state index in [4.69, 9.17) is 5.73 Å². The molecule has 2 rings (SSSR count). The van der Waals surface area contributed by atoms with Crippen molar-refractivity contribution in [1.82, 2.24) is 15.2 Å². The van der Waals surface area contributed by atoms with E-state index in [-0.39, 0.29) is 5.91 Å². The Morgan fingerprint density at radius 3 is 2.79 bits per heavy atom. The van der Waals surface area contributed by atoms with Crippen molar-refractivity contribution in [3.8, 4) is 0 Å². The monoisotopic (exact) mass is 193 g/mol. The number of carbonyl (C=O) groups is 1. The number of hydrogen-bond donors (Lipinski definition) is 2. The number of nitrogens with two attached hydrogens (primary N) is 1. The van der Waals surface area contributed by atoms with Crippen LogP contribution in [0.3, 0.4) is 0 Å². The lowest BCUT2D eigenvalue weighted by Crippen LogP contribution is -2.38. The number of amides is 1. The first-order chi connectivity index (χ1) is 6.59. The van der Waals surface area contributed by atoms with Gasteiger partial charge in [-0.1, -0.05) is 0 Å². The second-order valence-electron chi connectivity index (χ2n) is 3.29. The van der Waals surface area contributed by atoms with Gasteiger partial charge in [-0.3, -0.25) is 9.48 Å². The molecule has 1 amide bonds. The van der Waals surface area contributed by atoms with Gasteiger partial charge >= 0.3 is 0 Å². The fourth-order valence-electron chi connectivity index (χ4n) is 1.44. The van der Waals surface area contributed by atoms with Crippen molar-refractivity contribution >= 4 is 11.6 Å². The molecule has 74 valence electrons. The van der Waals surface area contributed by atoms with E-state index in [1.165, 1.54) is 0 Å². The molecular weight excluding hydrogens is 182 g/mol. The van der Waals surface area contributed by atoms with Gasteiger partial charge in [-0.15, -0.1) is 0 Å². The second-order valence-corrected chi connectivity index (χ2v) is 3.29. The summed E-state index contributed by atoms with van der Waals surface area (Å²) in [6.07, 6.45) is 1.85. The maximum Gasteiger partial charge on any atom is 0.263 e. The predicted molar refractivity (Wildman–Crippen MR) is 50.6 cm³/mol. The summed E-state index contributed by atoms with van der Waals surface area (Å²) >= 11 is 0. The van der Waals surface area contributed by atoms with Gasteiger partial charge in [-0.25, -0.2) is 5.43 Å². The van der Waals surface area contributed by atoms with Crippen molar-refractivity contribution in [3.05, 3.63) is 17.5 Å². The summed E-state index contributed by atoms with van der Waals surface area (Å²) in [5.41, 5.74) is 10.1. The van der Waals surface area contributed by atoms with Crippen LogP contribution >= 0.6 is 0 Å². The molecule has 1 aromatic heterocycles. The van der Waals surface area contributed by atoms with E-state index in [0.29, 0.717) is 11.4 Å². The first-order valence-electron chi connectivity index (χ1n) is 4.23. The zero-order chi connectivity index (χ0) is 10.3. The highest BCUT2D eigenvalue weighted by Gasteiger charge is 2.29. The molecular formula is C8H11N5O. The van der Waals surface area contributed by atoms with Crippen molar-refractivity contribution in [2.75, 3.05) is 0 Å². The van der Waals surface area contributed by atoms with Crippen LogP contribution in [0, 0.1) is 6.92 Å². The van der Waals surface area contributed by atoms with Crippen LogP contribution in [-0.2, 0) is 11.8 Å². The summed E-state index contributed by atoms with van der Waals surface area (Å²) in [7, 11) is 1.81. The van der Waals surface area contributed by atoms with Crippen molar-refractivity contribution in [2.45, 2.75) is 13.0 Å². The van der Waals surface area contributed by atoms with E-state index in [9.17, 15) is 4.79 Å². The Bertz CT molecular complexity index is 419. The van der Waals surface area contributed by atoms with E-state index in [2.05, 4.69) is 15.6 Å². The Labute approximate surface area is 80.8 Å². The SMILES string of the molecule is Cc1cn(C)nc1C1=NNC(=O)C1N. The molecule has 6 heteroatoms. The Morgan fingerprint density at radius 2 is 2.36 bits per heavy atom. The van der Waals surface area contributed by atoms with Crippen LogP contribution in [0.4, 0.5) is 0 Å². The molecule has 14 heavy (non-hydrogen) atoms. The lowest BCUT2D eigenvalue weighted by atomic mass is 10.1. The van der Waals surface area contributed by atoms with Gasteiger partial charge in [0.05, 0.1) is 0 Å². The fourth-order valence-corrected chi connectivity index (χ4v) is 1.44. The van der Waals surface area contributed by atoms with Gasteiger partial charge in [0.25, 0.3) is 5.91 Å². The fraction of sp³-hybridized carbons (Fsp3) is 0.375. The summed E-state index contributed by atoms with van der Waals surface area (Å²) in [6, 6.07) is -0.705. The quantitative estimate of drug-likeness (QED) is 0.593. The molecule has 0 fully saturated rings. The smallest absolute Gasteiger partial charge is 0.263 e. The molecule has 1 unspecified atom stereocenters. The van der Waals surface area contributed by atoms with Gasteiger partial charge in [0.1, 0.15) is 17.4 Å². The van der Waals surface area contributed by atoms with Gasteiger partial charge in [-0.05, 0) is 12.5 Å². The number of aryl methyl sites for hydroxylation is 2. The molecule has 0 aromatic carbocycles. The Hall–Kier alpha value is -1.69. The number of hydrazone groups is 1. The molecule has 0 spiro atoms. The third-order valence-corrected chi connectivity index (χ3v) is 2.12. The van der Waals surface area contributed by atoms with Gasteiger partial charge in [0.15, 0.2) is 0 Å². The zero-order valence-corrected chi connectivity index (χ0v) is 7.98. The van der Waals surface area contributed by atoms with Crippen molar-refractivity contribution < 1.29 is 4.79 Å². The van der Waals surface area contributed by atoms with Crippen molar-refractivity contribution in [1.29, 1.82) is 0 Å². The van der Waals surface area contributed by atoms with Crippen molar-refractivity contribution in [3.63, 3.8) is 0 Å². The van der Waals surface area contributed by atoms with Gasteiger partial charge in [-0.2, -0.15) is 10.2 Å². The van der Waals surface area contributed by atoms with E-state index in [1.54, 1.807) is 4.68 Å².